The van der Waals surface area contributed by atoms with Crippen LogP contribution < -0.4 is 14.9 Å². The molecule has 1 heterocycles. The van der Waals surface area contributed by atoms with Gasteiger partial charge in [0.15, 0.2) is 11.5 Å². The van der Waals surface area contributed by atoms with Gasteiger partial charge < -0.3 is 19.5 Å². The molecule has 0 aliphatic rings. The van der Waals surface area contributed by atoms with Gasteiger partial charge in [-0.3, -0.25) is 0 Å². The van der Waals surface area contributed by atoms with E-state index in [2.05, 4.69) is 58.4 Å². The summed E-state index contributed by atoms with van der Waals surface area (Å²) in [5.74, 6) is 1.42. The van der Waals surface area contributed by atoms with Gasteiger partial charge in [0.2, 0.25) is 0 Å². The monoisotopic (exact) mass is 447 g/mol. The van der Waals surface area contributed by atoms with Crippen LogP contribution in [-0.4, -0.2) is 25.0 Å². The number of fused-ring (bicyclic) bond motifs is 1. The van der Waals surface area contributed by atoms with Crippen LogP contribution in [0.3, 0.4) is 0 Å². The van der Waals surface area contributed by atoms with E-state index >= 15 is 0 Å². The molecule has 0 saturated heterocycles. The van der Waals surface area contributed by atoms with Crippen LogP contribution in [0.4, 0.5) is 0 Å². The summed E-state index contributed by atoms with van der Waals surface area (Å²) in [7, 11) is 3.27. The number of aromatic nitrogens is 1. The molecule has 0 radical (unpaired) electrons. The summed E-state index contributed by atoms with van der Waals surface area (Å²) < 4.78 is 13.0. The maximum absolute atomic E-state index is 6.05. The van der Waals surface area contributed by atoms with Gasteiger partial charge in [0.1, 0.15) is 0 Å². The van der Waals surface area contributed by atoms with Crippen molar-refractivity contribution in [2.45, 2.75) is 20.0 Å². The van der Waals surface area contributed by atoms with Crippen LogP contribution in [0, 0.1) is 6.92 Å². The highest BCUT2D eigenvalue weighted by Crippen LogP contribution is 2.28. The van der Waals surface area contributed by atoms with Crippen molar-refractivity contribution in [2.24, 2.45) is 5.10 Å². The van der Waals surface area contributed by atoms with Crippen LogP contribution in [0.15, 0.2) is 71.8 Å². The summed E-state index contributed by atoms with van der Waals surface area (Å²) in [6.07, 6.45) is 1.90. The van der Waals surface area contributed by atoms with E-state index < -0.39 is 0 Å². The van der Waals surface area contributed by atoms with E-state index in [1.807, 2.05) is 36.5 Å². The molecule has 32 heavy (non-hydrogen) atoms. The van der Waals surface area contributed by atoms with E-state index in [0.29, 0.717) is 18.0 Å². The van der Waals surface area contributed by atoms with E-state index in [0.717, 1.165) is 28.4 Å². The quantitative estimate of drug-likeness (QED) is 0.274. The summed E-state index contributed by atoms with van der Waals surface area (Å²) in [5, 5.41) is 6.42. The topological polar surface area (TPSA) is 47.8 Å². The molecule has 0 fully saturated rings. The van der Waals surface area contributed by atoms with Gasteiger partial charge in [0, 0.05) is 33.7 Å². The smallest absolute Gasteiger partial charge is 0.161 e. The van der Waals surface area contributed by atoms with Crippen molar-refractivity contribution >= 4 is 28.7 Å². The summed E-state index contributed by atoms with van der Waals surface area (Å²) in [6, 6.07) is 22.2. The second-order valence-electron chi connectivity index (χ2n) is 7.51. The highest BCUT2D eigenvalue weighted by Gasteiger charge is 2.12. The van der Waals surface area contributed by atoms with Crippen LogP contribution in [0.5, 0.6) is 11.5 Å². The molecule has 4 aromatic rings. The third-order valence-corrected chi connectivity index (χ3v) is 5.80. The molecule has 164 valence electrons. The zero-order valence-corrected chi connectivity index (χ0v) is 19.2. The average molecular weight is 448 g/mol. The number of nitrogens with zero attached hydrogens (tertiary/aromatic N) is 2. The molecular weight excluding hydrogens is 422 g/mol. The number of ether oxygens (including phenoxy) is 2. The van der Waals surface area contributed by atoms with Gasteiger partial charge in [-0.1, -0.05) is 48.0 Å². The third-order valence-electron chi connectivity index (χ3n) is 5.55. The minimum Gasteiger partial charge on any atom is -0.493 e. The average Bonchev–Trinajstić information content (AvgIpc) is 3.08. The van der Waals surface area contributed by atoms with E-state index in [1.165, 1.54) is 16.5 Å². The standard InChI is InChI=1S/C26H26ClN3O2/c1-18-23(16-29-28-15-20-10-13-25(31-2)26(14-20)32-3)22-6-4-5-7-24(22)30(18)17-19-8-11-21(27)12-9-19/h4-14,16,28H,15,17H2,1-3H3/b29-16+. The molecule has 0 atom stereocenters. The lowest BCUT2D eigenvalue weighted by Crippen LogP contribution is -2.06. The molecule has 4 rings (SSSR count). The second-order valence-corrected chi connectivity index (χ2v) is 7.95. The molecule has 0 aliphatic carbocycles. The highest BCUT2D eigenvalue weighted by atomic mass is 35.5. The fraction of sp³-hybridized carbons (Fsp3) is 0.192. The van der Waals surface area contributed by atoms with Crippen LogP contribution >= 0.6 is 11.6 Å². The van der Waals surface area contributed by atoms with E-state index in [1.54, 1.807) is 14.2 Å². The normalized spacial score (nSPS) is 11.2. The van der Waals surface area contributed by atoms with Crippen molar-refractivity contribution in [2.75, 3.05) is 14.2 Å². The zero-order chi connectivity index (χ0) is 22.5. The van der Waals surface area contributed by atoms with E-state index in [9.17, 15) is 0 Å². The number of halogens is 1. The Labute approximate surface area is 193 Å². The Kier molecular flexibility index (Phi) is 6.66. The van der Waals surface area contributed by atoms with Crippen LogP contribution in [0.1, 0.15) is 22.4 Å². The Morgan fingerprint density at radius 1 is 0.938 bits per heavy atom. The first-order valence-electron chi connectivity index (χ1n) is 10.4. The fourth-order valence-electron chi connectivity index (χ4n) is 3.83. The Hall–Kier alpha value is -3.44. The third kappa shape index (κ3) is 4.58. The first kappa shape index (κ1) is 21.8. The van der Waals surface area contributed by atoms with Crippen molar-refractivity contribution in [3.63, 3.8) is 0 Å². The summed E-state index contributed by atoms with van der Waals surface area (Å²) in [4.78, 5) is 0. The summed E-state index contributed by atoms with van der Waals surface area (Å²) in [6.45, 7) is 3.49. The molecule has 3 aromatic carbocycles. The number of hydrogen-bond acceptors (Lipinski definition) is 4. The maximum Gasteiger partial charge on any atom is 0.161 e. The van der Waals surface area contributed by atoms with Crippen LogP contribution in [0.2, 0.25) is 5.02 Å². The molecule has 0 amide bonds. The van der Waals surface area contributed by atoms with Crippen molar-refractivity contribution < 1.29 is 9.47 Å². The van der Waals surface area contributed by atoms with Crippen molar-refractivity contribution in [1.29, 1.82) is 0 Å². The molecule has 1 aromatic heterocycles. The minimum atomic E-state index is 0.583. The van der Waals surface area contributed by atoms with E-state index in [-0.39, 0.29) is 0 Å². The van der Waals surface area contributed by atoms with Crippen molar-refractivity contribution in [3.8, 4) is 11.5 Å². The fourth-order valence-corrected chi connectivity index (χ4v) is 3.96. The molecule has 0 bridgehead atoms. The summed E-state index contributed by atoms with van der Waals surface area (Å²) >= 11 is 6.05. The number of hydrazone groups is 1. The largest absolute Gasteiger partial charge is 0.493 e. The Balaban J connectivity index is 1.55. The molecule has 1 N–H and O–H groups in total. The number of rotatable bonds is 8. The number of benzene rings is 3. The zero-order valence-electron chi connectivity index (χ0n) is 18.4. The Morgan fingerprint density at radius 2 is 1.66 bits per heavy atom. The van der Waals surface area contributed by atoms with Gasteiger partial charge in [-0.2, -0.15) is 5.10 Å². The van der Waals surface area contributed by atoms with Gasteiger partial charge in [-0.25, -0.2) is 0 Å². The molecule has 6 heteroatoms. The molecule has 0 aliphatic heterocycles. The lowest BCUT2D eigenvalue weighted by Gasteiger charge is -2.09. The SMILES string of the molecule is COc1ccc(CN/N=C/c2c(C)n(Cc3ccc(Cl)cc3)c3ccccc23)cc1OC. The Bertz CT molecular complexity index is 1250. The van der Waals surface area contributed by atoms with E-state index in [4.69, 9.17) is 21.1 Å². The predicted octanol–water partition coefficient (Wildman–Crippen LogP) is 5.79. The first-order chi connectivity index (χ1) is 15.6. The van der Waals surface area contributed by atoms with Gasteiger partial charge >= 0.3 is 0 Å². The van der Waals surface area contributed by atoms with Crippen LogP contribution in [0.25, 0.3) is 10.9 Å². The molecule has 0 unspecified atom stereocenters. The van der Waals surface area contributed by atoms with Gasteiger partial charge in [-0.05, 0) is 48.4 Å². The van der Waals surface area contributed by atoms with Gasteiger partial charge in [0.05, 0.1) is 27.0 Å². The number of methoxy groups -OCH3 is 2. The first-order valence-corrected chi connectivity index (χ1v) is 10.8. The highest BCUT2D eigenvalue weighted by molar-refractivity contribution is 6.30. The number of hydrogen-bond donors (Lipinski definition) is 1. The van der Waals surface area contributed by atoms with Crippen LogP contribution in [-0.2, 0) is 13.1 Å². The summed E-state index contributed by atoms with van der Waals surface area (Å²) in [5.41, 5.74) is 8.86. The predicted molar refractivity (Wildman–Crippen MR) is 131 cm³/mol. The Morgan fingerprint density at radius 3 is 2.41 bits per heavy atom. The molecule has 5 nitrogen and oxygen atoms in total. The lowest BCUT2D eigenvalue weighted by molar-refractivity contribution is 0.354. The van der Waals surface area contributed by atoms with Crippen molar-refractivity contribution in [1.82, 2.24) is 9.99 Å². The van der Waals surface area contributed by atoms with Gasteiger partial charge in [-0.15, -0.1) is 0 Å². The molecule has 0 saturated carbocycles. The number of nitrogens with one attached hydrogen (secondary N) is 1. The minimum absolute atomic E-state index is 0.583. The number of para-hydroxylation sites is 1. The van der Waals surface area contributed by atoms with Crippen molar-refractivity contribution in [3.05, 3.63) is 94.1 Å². The lowest BCUT2D eigenvalue weighted by atomic mass is 10.1. The van der Waals surface area contributed by atoms with Gasteiger partial charge in [0.25, 0.3) is 0 Å². The molecule has 0 spiro atoms. The maximum atomic E-state index is 6.05. The molecular formula is C26H26ClN3O2. The second kappa shape index (κ2) is 9.79.